The van der Waals surface area contributed by atoms with Crippen molar-refractivity contribution in [2.45, 2.75) is 16.8 Å². The highest BCUT2D eigenvalue weighted by atomic mass is 32.2. The van der Waals surface area contributed by atoms with Crippen LogP contribution in [0.5, 0.6) is 0 Å². The molecule has 4 nitrogen and oxygen atoms in total. The Bertz CT molecular complexity index is 740. The Labute approximate surface area is 115 Å². The molecule has 0 aliphatic rings. The summed E-state index contributed by atoms with van der Waals surface area (Å²) in [7, 11) is -5.66. The summed E-state index contributed by atoms with van der Waals surface area (Å²) in [5.41, 5.74) is 0.226. The van der Waals surface area contributed by atoms with Crippen molar-refractivity contribution in [3.63, 3.8) is 0 Å². The highest BCUT2D eigenvalue weighted by Gasteiger charge is 2.56. The van der Waals surface area contributed by atoms with Gasteiger partial charge in [0.05, 0.1) is 11.9 Å². The molecule has 0 aliphatic heterocycles. The van der Waals surface area contributed by atoms with E-state index in [-0.39, 0.29) is 11.3 Å². The van der Waals surface area contributed by atoms with Gasteiger partial charge in [0, 0.05) is 0 Å². The molecule has 0 fully saturated rings. The van der Waals surface area contributed by atoms with E-state index in [0.717, 1.165) is 18.3 Å². The summed E-state index contributed by atoms with van der Waals surface area (Å²) >= 11 is 0. The Kier molecular flexibility index (Phi) is 3.74. The quantitative estimate of drug-likeness (QED) is 0.879. The van der Waals surface area contributed by atoms with Crippen LogP contribution in [0.4, 0.5) is 22.0 Å². The molecule has 114 valence electrons. The largest absolute Gasteiger partial charge is 0.411 e. The Balaban J connectivity index is 2.43. The van der Waals surface area contributed by atoms with Crippen LogP contribution in [0.1, 0.15) is 0 Å². The zero-order chi connectivity index (χ0) is 15.8. The first-order chi connectivity index (χ1) is 9.66. The summed E-state index contributed by atoms with van der Waals surface area (Å²) in [6.45, 7) is 0. The van der Waals surface area contributed by atoms with Gasteiger partial charge >= 0.3 is 11.7 Å². The number of nitrogens with one attached hydrogen (secondary N) is 1. The van der Waals surface area contributed by atoms with Crippen LogP contribution in [0.2, 0.25) is 0 Å². The van der Waals surface area contributed by atoms with E-state index in [4.69, 9.17) is 0 Å². The third-order valence-corrected chi connectivity index (χ3v) is 4.19. The number of alkyl halides is 4. The molecule has 1 heterocycles. The van der Waals surface area contributed by atoms with Crippen LogP contribution in [0.15, 0.2) is 35.6 Å². The van der Waals surface area contributed by atoms with Gasteiger partial charge in [-0.05, 0) is 29.8 Å². The van der Waals surface area contributed by atoms with Gasteiger partial charge in [-0.1, -0.05) is 0 Å². The number of hydrogen-bond donors (Lipinski definition) is 1. The number of hydrogen-bond acceptors (Lipinski definition) is 3. The van der Waals surface area contributed by atoms with Crippen molar-refractivity contribution in [1.82, 2.24) is 9.97 Å². The molecule has 1 aromatic heterocycles. The predicted octanol–water partition coefficient (Wildman–Crippen LogP) is 2.85. The van der Waals surface area contributed by atoms with Crippen LogP contribution < -0.4 is 0 Å². The number of aromatic nitrogens is 2. The molecule has 2 rings (SSSR count). The number of nitrogens with zero attached hydrogens (tertiary/aromatic N) is 1. The maximum atomic E-state index is 13.0. The molecule has 0 spiro atoms. The van der Waals surface area contributed by atoms with Crippen molar-refractivity contribution < 1.29 is 30.4 Å². The Morgan fingerprint density at radius 1 is 1.14 bits per heavy atom. The second-order valence-corrected chi connectivity index (χ2v) is 5.91. The molecule has 0 saturated heterocycles. The minimum atomic E-state index is -5.66. The summed E-state index contributed by atoms with van der Waals surface area (Å²) in [6.07, 6.45) is -3.51. The van der Waals surface area contributed by atoms with Crippen molar-refractivity contribution in [3.8, 4) is 11.3 Å². The van der Waals surface area contributed by atoms with Crippen molar-refractivity contribution >= 4 is 9.84 Å². The maximum Gasteiger partial charge on any atom is 0.411 e. The van der Waals surface area contributed by atoms with Crippen molar-refractivity contribution in [1.29, 1.82) is 0 Å². The Morgan fingerprint density at radius 2 is 1.71 bits per heavy atom. The molecule has 21 heavy (non-hydrogen) atoms. The fourth-order valence-electron chi connectivity index (χ4n) is 1.46. The van der Waals surface area contributed by atoms with E-state index in [0.29, 0.717) is 0 Å². The lowest BCUT2D eigenvalue weighted by atomic mass is 10.2. The van der Waals surface area contributed by atoms with E-state index >= 15 is 0 Å². The van der Waals surface area contributed by atoms with Crippen LogP contribution in [-0.4, -0.2) is 30.1 Å². The van der Waals surface area contributed by atoms with Crippen molar-refractivity contribution in [2.75, 3.05) is 0 Å². The van der Waals surface area contributed by atoms with Crippen LogP contribution in [0.25, 0.3) is 11.3 Å². The van der Waals surface area contributed by atoms with E-state index in [9.17, 15) is 30.4 Å². The Morgan fingerprint density at radius 3 is 2.24 bits per heavy atom. The van der Waals surface area contributed by atoms with Gasteiger partial charge in [0.2, 0.25) is 5.16 Å². The van der Waals surface area contributed by atoms with E-state index in [1.54, 1.807) is 0 Å². The average Bonchev–Trinajstić information content (AvgIpc) is 2.89. The second-order valence-electron chi connectivity index (χ2n) is 3.97. The average molecular weight is 326 g/mol. The highest BCUT2D eigenvalue weighted by molar-refractivity contribution is 7.92. The summed E-state index contributed by atoms with van der Waals surface area (Å²) < 4.78 is 85.9. The lowest BCUT2D eigenvalue weighted by Gasteiger charge is -2.13. The molecular formula is C11H7F5N2O2S. The number of sulfone groups is 1. The van der Waals surface area contributed by atoms with Gasteiger partial charge in [0.1, 0.15) is 5.82 Å². The van der Waals surface area contributed by atoms with E-state index in [2.05, 4.69) is 4.98 Å². The van der Waals surface area contributed by atoms with Gasteiger partial charge < -0.3 is 4.98 Å². The molecule has 1 N–H and O–H groups in total. The summed E-state index contributed by atoms with van der Waals surface area (Å²) in [5.74, 6) is -0.560. The van der Waals surface area contributed by atoms with Crippen LogP contribution in [0.3, 0.4) is 0 Å². The number of imidazole rings is 1. The van der Waals surface area contributed by atoms with Gasteiger partial charge in [-0.15, -0.1) is 0 Å². The van der Waals surface area contributed by atoms with Crippen LogP contribution >= 0.6 is 0 Å². The number of benzene rings is 1. The molecule has 0 aliphatic carbocycles. The van der Waals surface area contributed by atoms with Gasteiger partial charge in [-0.25, -0.2) is 26.6 Å². The molecule has 10 heteroatoms. The van der Waals surface area contributed by atoms with Crippen molar-refractivity contribution in [2.24, 2.45) is 0 Å². The SMILES string of the molecule is O=S(=O)(c1ncc(-c2ccc(F)cc2)[nH]1)C(F)(F)C(F)F. The third-order valence-electron chi connectivity index (χ3n) is 2.57. The summed E-state index contributed by atoms with van der Waals surface area (Å²) in [5, 5.41) is -6.54. The minimum absolute atomic E-state index is 0.0290. The van der Waals surface area contributed by atoms with Gasteiger partial charge in [-0.3, -0.25) is 0 Å². The number of rotatable bonds is 4. The normalized spacial score (nSPS) is 12.9. The second kappa shape index (κ2) is 5.10. The molecule has 1 aromatic carbocycles. The predicted molar refractivity (Wildman–Crippen MR) is 62.1 cm³/mol. The fraction of sp³-hybridized carbons (Fsp3) is 0.182. The molecule has 0 unspecified atom stereocenters. The van der Waals surface area contributed by atoms with Gasteiger partial charge in [0.15, 0.2) is 0 Å². The van der Waals surface area contributed by atoms with Gasteiger partial charge in [0.25, 0.3) is 9.84 Å². The number of H-pyrrole nitrogens is 1. The summed E-state index contributed by atoms with van der Waals surface area (Å²) in [4.78, 5) is 5.20. The maximum absolute atomic E-state index is 13.0. The zero-order valence-corrected chi connectivity index (χ0v) is 10.8. The zero-order valence-electron chi connectivity index (χ0n) is 10.0. The first kappa shape index (κ1) is 15.4. The Hall–Kier alpha value is -1.97. The molecular weight excluding hydrogens is 319 g/mol. The molecule has 0 saturated carbocycles. The monoisotopic (exact) mass is 326 g/mol. The number of aromatic amines is 1. The topological polar surface area (TPSA) is 62.8 Å². The van der Waals surface area contributed by atoms with Gasteiger partial charge in [-0.2, -0.15) is 8.78 Å². The lowest BCUT2D eigenvalue weighted by molar-refractivity contribution is -0.0639. The fourth-order valence-corrected chi connectivity index (χ4v) is 2.39. The minimum Gasteiger partial charge on any atom is -0.329 e. The first-order valence-electron chi connectivity index (χ1n) is 5.38. The molecule has 0 radical (unpaired) electrons. The highest BCUT2D eigenvalue weighted by Crippen LogP contribution is 2.34. The molecule has 0 atom stereocenters. The smallest absolute Gasteiger partial charge is 0.329 e. The van der Waals surface area contributed by atoms with Crippen LogP contribution in [0, 0.1) is 5.82 Å². The van der Waals surface area contributed by atoms with E-state index < -0.39 is 32.5 Å². The molecule has 2 aromatic rings. The first-order valence-corrected chi connectivity index (χ1v) is 6.86. The van der Waals surface area contributed by atoms with E-state index in [1.165, 1.54) is 12.1 Å². The molecule has 0 amide bonds. The van der Waals surface area contributed by atoms with E-state index in [1.807, 2.05) is 4.98 Å². The summed E-state index contributed by atoms with van der Waals surface area (Å²) in [6, 6.07) is 4.59. The van der Waals surface area contributed by atoms with Crippen LogP contribution in [-0.2, 0) is 9.84 Å². The third kappa shape index (κ3) is 2.62. The number of halogens is 5. The molecule has 0 bridgehead atoms. The lowest BCUT2D eigenvalue weighted by Crippen LogP contribution is -2.37. The van der Waals surface area contributed by atoms with Crippen molar-refractivity contribution in [3.05, 3.63) is 36.3 Å². The standard InChI is InChI=1S/C11H7F5N2O2S/c12-7-3-1-6(2-4-7)8-5-17-10(18-8)21(19,20)11(15,16)9(13)14/h1-5,9H,(H,17,18).